The maximum atomic E-state index is 13.6. The van der Waals surface area contributed by atoms with Crippen LogP contribution in [0.5, 0.6) is 0 Å². The largest absolute Gasteiger partial charge is 0.369 e. The van der Waals surface area contributed by atoms with Crippen LogP contribution in [0.1, 0.15) is 29.4 Å². The Morgan fingerprint density at radius 3 is 2.41 bits per heavy atom. The third kappa shape index (κ3) is 3.33. The highest BCUT2D eigenvalue weighted by atomic mass is 16.1. The van der Waals surface area contributed by atoms with Crippen LogP contribution in [0.2, 0.25) is 0 Å². The molecular formula is C25H22N6O. The molecule has 7 heteroatoms. The number of fused-ring (bicyclic) bond motifs is 1. The topological polar surface area (TPSA) is 100 Å². The molecule has 1 atom stereocenters. The molecule has 1 aromatic heterocycles. The maximum Gasteiger partial charge on any atom is 0.266 e. The standard InChI is InChI=1S/C25H22N6O/c1-16-11-13-18(14-12-16)30-23(28-20-10-6-5-9-19(20)24(30)32)22-15-21(29-31(22)25(26)27)17-7-3-2-4-8-17/h2-14,22H,15H2,1H3,(H3,26,27). The zero-order chi connectivity index (χ0) is 22.2. The number of para-hydroxylation sites is 1. The summed E-state index contributed by atoms with van der Waals surface area (Å²) in [6, 6.07) is 24.3. The van der Waals surface area contributed by atoms with Crippen molar-refractivity contribution >= 4 is 22.6 Å². The van der Waals surface area contributed by atoms with E-state index in [1.165, 1.54) is 5.01 Å². The Hall–Kier alpha value is -4.26. The molecule has 0 spiro atoms. The highest BCUT2D eigenvalue weighted by Crippen LogP contribution is 2.32. The van der Waals surface area contributed by atoms with Gasteiger partial charge in [-0.05, 0) is 36.8 Å². The molecule has 0 radical (unpaired) electrons. The van der Waals surface area contributed by atoms with Gasteiger partial charge in [0.05, 0.1) is 22.3 Å². The molecule has 3 N–H and O–H groups in total. The lowest BCUT2D eigenvalue weighted by atomic mass is 10.0. The molecule has 0 saturated heterocycles. The van der Waals surface area contributed by atoms with Gasteiger partial charge in [-0.25, -0.2) is 9.99 Å². The Morgan fingerprint density at radius 1 is 1.00 bits per heavy atom. The quantitative estimate of drug-likeness (QED) is 0.388. The number of nitrogens with two attached hydrogens (primary N) is 1. The number of hydrogen-bond acceptors (Lipinski definition) is 4. The maximum absolute atomic E-state index is 13.6. The molecule has 7 nitrogen and oxygen atoms in total. The fourth-order valence-corrected chi connectivity index (χ4v) is 4.06. The predicted molar refractivity (Wildman–Crippen MR) is 126 cm³/mol. The Labute approximate surface area is 185 Å². The van der Waals surface area contributed by atoms with Gasteiger partial charge in [0.25, 0.3) is 5.56 Å². The van der Waals surface area contributed by atoms with Crippen molar-refractivity contribution in [3.8, 4) is 5.69 Å². The first-order chi connectivity index (χ1) is 15.5. The minimum Gasteiger partial charge on any atom is -0.369 e. The molecule has 0 bridgehead atoms. The molecule has 32 heavy (non-hydrogen) atoms. The molecule has 1 unspecified atom stereocenters. The van der Waals surface area contributed by atoms with Crippen LogP contribution in [0.3, 0.4) is 0 Å². The van der Waals surface area contributed by atoms with Crippen LogP contribution in [-0.2, 0) is 0 Å². The number of hydrazone groups is 1. The van der Waals surface area contributed by atoms with Gasteiger partial charge in [-0.3, -0.25) is 14.8 Å². The second-order valence-corrected chi connectivity index (χ2v) is 7.83. The average molecular weight is 422 g/mol. The Kier molecular flexibility index (Phi) is 4.78. The second kappa shape index (κ2) is 7.77. The number of hydrogen-bond donors (Lipinski definition) is 2. The van der Waals surface area contributed by atoms with Gasteiger partial charge in [-0.15, -0.1) is 0 Å². The Bertz CT molecular complexity index is 1410. The van der Waals surface area contributed by atoms with Crippen molar-refractivity contribution in [2.45, 2.75) is 19.4 Å². The van der Waals surface area contributed by atoms with E-state index in [1.54, 1.807) is 10.6 Å². The monoisotopic (exact) mass is 422 g/mol. The molecule has 158 valence electrons. The van der Waals surface area contributed by atoms with Crippen LogP contribution >= 0.6 is 0 Å². The van der Waals surface area contributed by atoms with E-state index in [0.717, 1.165) is 16.8 Å². The first kappa shape index (κ1) is 19.7. The summed E-state index contributed by atoms with van der Waals surface area (Å²) in [5.74, 6) is 0.307. The van der Waals surface area contributed by atoms with Gasteiger partial charge < -0.3 is 5.73 Å². The van der Waals surface area contributed by atoms with Crippen molar-refractivity contribution in [2.24, 2.45) is 10.8 Å². The van der Waals surface area contributed by atoms with E-state index in [1.807, 2.05) is 79.7 Å². The van der Waals surface area contributed by atoms with Crippen LogP contribution in [0.25, 0.3) is 16.6 Å². The molecule has 1 aliphatic heterocycles. The van der Waals surface area contributed by atoms with Gasteiger partial charge in [-0.1, -0.05) is 60.2 Å². The molecule has 0 aliphatic carbocycles. The summed E-state index contributed by atoms with van der Waals surface area (Å²) in [5.41, 5.74) is 9.91. The first-order valence-corrected chi connectivity index (χ1v) is 10.4. The minimum absolute atomic E-state index is 0.161. The van der Waals surface area contributed by atoms with Gasteiger partial charge in [0.2, 0.25) is 5.96 Å². The number of nitrogens with one attached hydrogen (secondary N) is 1. The molecule has 0 fully saturated rings. The van der Waals surface area contributed by atoms with Gasteiger partial charge in [0, 0.05) is 6.42 Å². The predicted octanol–water partition coefficient (Wildman–Crippen LogP) is 3.74. The molecule has 1 aliphatic rings. The summed E-state index contributed by atoms with van der Waals surface area (Å²) in [7, 11) is 0. The van der Waals surface area contributed by atoms with E-state index in [0.29, 0.717) is 28.8 Å². The lowest BCUT2D eigenvalue weighted by Crippen LogP contribution is -2.36. The van der Waals surface area contributed by atoms with Gasteiger partial charge >= 0.3 is 0 Å². The van der Waals surface area contributed by atoms with Crippen molar-refractivity contribution in [1.82, 2.24) is 14.6 Å². The van der Waals surface area contributed by atoms with Gasteiger partial charge in [0.15, 0.2) is 0 Å². The summed E-state index contributed by atoms with van der Waals surface area (Å²) in [4.78, 5) is 18.5. The van der Waals surface area contributed by atoms with Gasteiger partial charge in [0.1, 0.15) is 11.9 Å². The minimum atomic E-state index is -0.485. The summed E-state index contributed by atoms with van der Waals surface area (Å²) < 4.78 is 1.62. The fraction of sp³-hybridized carbons (Fsp3) is 0.120. The SMILES string of the molecule is Cc1ccc(-n2c(C3CC(c4ccccc4)=NN3C(=N)N)nc3ccccc3c2=O)cc1. The van der Waals surface area contributed by atoms with E-state index in [9.17, 15) is 4.79 Å². The summed E-state index contributed by atoms with van der Waals surface area (Å²) >= 11 is 0. The van der Waals surface area contributed by atoms with Crippen molar-refractivity contribution in [1.29, 1.82) is 5.41 Å². The zero-order valence-corrected chi connectivity index (χ0v) is 17.6. The van der Waals surface area contributed by atoms with E-state index in [-0.39, 0.29) is 11.5 Å². The summed E-state index contributed by atoms with van der Waals surface area (Å²) in [6.07, 6.45) is 0.472. The van der Waals surface area contributed by atoms with Crippen molar-refractivity contribution in [3.05, 3.63) is 106 Å². The normalized spacial score (nSPS) is 15.7. The smallest absolute Gasteiger partial charge is 0.266 e. The van der Waals surface area contributed by atoms with Crippen molar-refractivity contribution < 1.29 is 0 Å². The first-order valence-electron chi connectivity index (χ1n) is 10.4. The Morgan fingerprint density at radius 2 is 1.69 bits per heavy atom. The van der Waals surface area contributed by atoms with E-state index < -0.39 is 6.04 Å². The molecule has 0 amide bonds. The third-order valence-corrected chi connectivity index (χ3v) is 5.66. The highest BCUT2D eigenvalue weighted by Gasteiger charge is 2.34. The van der Waals surface area contributed by atoms with Crippen LogP contribution in [0.15, 0.2) is 88.8 Å². The third-order valence-electron chi connectivity index (χ3n) is 5.66. The van der Waals surface area contributed by atoms with Crippen LogP contribution in [0, 0.1) is 12.3 Å². The highest BCUT2D eigenvalue weighted by molar-refractivity contribution is 6.03. The van der Waals surface area contributed by atoms with E-state index >= 15 is 0 Å². The number of aryl methyl sites for hydroxylation is 1. The molecule has 5 rings (SSSR count). The molecule has 2 heterocycles. The average Bonchev–Trinajstić information content (AvgIpc) is 3.26. The number of benzene rings is 3. The fourth-order valence-electron chi connectivity index (χ4n) is 4.06. The summed E-state index contributed by atoms with van der Waals surface area (Å²) in [6.45, 7) is 2.00. The number of rotatable bonds is 3. The van der Waals surface area contributed by atoms with Crippen LogP contribution in [-0.4, -0.2) is 26.2 Å². The zero-order valence-electron chi connectivity index (χ0n) is 17.6. The van der Waals surface area contributed by atoms with Crippen molar-refractivity contribution in [2.75, 3.05) is 0 Å². The van der Waals surface area contributed by atoms with E-state index in [4.69, 9.17) is 16.1 Å². The number of guanidine groups is 1. The molecule has 3 aromatic carbocycles. The molecule has 0 saturated carbocycles. The second-order valence-electron chi connectivity index (χ2n) is 7.83. The Balaban J connectivity index is 1.72. The number of aromatic nitrogens is 2. The van der Waals surface area contributed by atoms with Crippen LogP contribution in [0.4, 0.5) is 0 Å². The molecule has 4 aromatic rings. The van der Waals surface area contributed by atoms with E-state index in [2.05, 4.69) is 5.10 Å². The van der Waals surface area contributed by atoms with Crippen molar-refractivity contribution in [3.63, 3.8) is 0 Å². The van der Waals surface area contributed by atoms with Gasteiger partial charge in [-0.2, -0.15) is 5.10 Å². The number of nitrogens with zero attached hydrogens (tertiary/aromatic N) is 4. The lowest BCUT2D eigenvalue weighted by molar-refractivity contribution is 0.344. The lowest BCUT2D eigenvalue weighted by Gasteiger charge is -2.24. The van der Waals surface area contributed by atoms with Crippen LogP contribution < -0.4 is 11.3 Å². The summed E-state index contributed by atoms with van der Waals surface area (Å²) in [5, 5.41) is 14.7. The molecular weight excluding hydrogens is 400 g/mol.